The first kappa shape index (κ1) is 23.7. The summed E-state index contributed by atoms with van der Waals surface area (Å²) in [4.78, 5) is 13.1. The van der Waals surface area contributed by atoms with Gasteiger partial charge in [0.2, 0.25) is 11.2 Å². The SMILES string of the molecule is C[N+](C)(C)CCCCCCCCOc1c(-c2ccc(O)c(O)c2)oc2ccccc2c1=O. The molecule has 2 N–H and O–H groups in total. The predicted molar refractivity (Wildman–Crippen MR) is 127 cm³/mol. The number of ether oxygens (including phenoxy) is 1. The predicted octanol–water partition coefficient (Wildman–Crippen LogP) is 5.30. The van der Waals surface area contributed by atoms with Gasteiger partial charge in [0, 0.05) is 5.56 Å². The summed E-state index contributed by atoms with van der Waals surface area (Å²) in [6.45, 7) is 1.61. The summed E-state index contributed by atoms with van der Waals surface area (Å²) >= 11 is 0. The molecule has 0 aliphatic rings. The van der Waals surface area contributed by atoms with E-state index in [-0.39, 0.29) is 28.4 Å². The molecule has 32 heavy (non-hydrogen) atoms. The summed E-state index contributed by atoms with van der Waals surface area (Å²) in [7, 11) is 6.65. The Bertz CT molecular complexity index is 1100. The van der Waals surface area contributed by atoms with Gasteiger partial charge in [-0.15, -0.1) is 0 Å². The third-order valence-corrected chi connectivity index (χ3v) is 5.46. The minimum absolute atomic E-state index is 0.136. The van der Waals surface area contributed by atoms with Gasteiger partial charge in [-0.1, -0.05) is 31.4 Å². The number of rotatable bonds is 11. The highest BCUT2D eigenvalue weighted by Crippen LogP contribution is 2.35. The van der Waals surface area contributed by atoms with Crippen LogP contribution in [0.1, 0.15) is 38.5 Å². The van der Waals surface area contributed by atoms with Gasteiger partial charge in [0.25, 0.3) is 0 Å². The average Bonchev–Trinajstić information content (AvgIpc) is 2.75. The Hall–Kier alpha value is -2.99. The summed E-state index contributed by atoms with van der Waals surface area (Å²) in [6, 6.07) is 11.3. The fourth-order valence-corrected chi connectivity index (χ4v) is 3.68. The quantitative estimate of drug-likeness (QED) is 0.240. The van der Waals surface area contributed by atoms with Crippen LogP contribution in [0.4, 0.5) is 0 Å². The van der Waals surface area contributed by atoms with Crippen molar-refractivity contribution in [2.24, 2.45) is 0 Å². The van der Waals surface area contributed by atoms with Crippen molar-refractivity contribution in [3.8, 4) is 28.6 Å². The molecule has 172 valence electrons. The minimum atomic E-state index is -0.283. The van der Waals surface area contributed by atoms with E-state index in [0.29, 0.717) is 23.1 Å². The van der Waals surface area contributed by atoms with Gasteiger partial charge in [-0.05, 0) is 49.6 Å². The van der Waals surface area contributed by atoms with E-state index in [1.807, 2.05) is 0 Å². The number of aromatic hydroxyl groups is 2. The highest BCUT2D eigenvalue weighted by atomic mass is 16.5. The summed E-state index contributed by atoms with van der Waals surface area (Å²) in [6.07, 6.45) is 6.71. The number of benzene rings is 2. The van der Waals surface area contributed by atoms with Crippen LogP contribution in [0.2, 0.25) is 0 Å². The van der Waals surface area contributed by atoms with Gasteiger partial charge in [-0.25, -0.2) is 0 Å². The molecule has 1 heterocycles. The Morgan fingerprint density at radius 3 is 2.28 bits per heavy atom. The molecule has 0 fully saturated rings. The summed E-state index contributed by atoms with van der Waals surface area (Å²) in [5.41, 5.74) is 0.673. The van der Waals surface area contributed by atoms with E-state index >= 15 is 0 Å². The van der Waals surface area contributed by atoms with Crippen LogP contribution in [0.15, 0.2) is 51.7 Å². The van der Waals surface area contributed by atoms with Gasteiger partial charge >= 0.3 is 0 Å². The fraction of sp³-hybridized carbons (Fsp3) is 0.423. The molecular weight excluding hydrogens is 406 g/mol. The summed E-state index contributed by atoms with van der Waals surface area (Å²) in [5, 5.41) is 20.0. The molecular formula is C26H34NO5+. The largest absolute Gasteiger partial charge is 0.504 e. The Morgan fingerprint density at radius 2 is 1.56 bits per heavy atom. The molecule has 0 atom stereocenters. The van der Waals surface area contributed by atoms with Crippen LogP contribution < -0.4 is 10.2 Å². The van der Waals surface area contributed by atoms with Gasteiger partial charge < -0.3 is 23.9 Å². The molecule has 1 aromatic heterocycles. The number of fused-ring (bicyclic) bond motifs is 1. The lowest BCUT2D eigenvalue weighted by molar-refractivity contribution is -0.870. The summed E-state index contributed by atoms with van der Waals surface area (Å²) in [5.74, 6) is -0.128. The Balaban J connectivity index is 1.66. The molecule has 0 radical (unpaired) electrons. The topological polar surface area (TPSA) is 79.9 Å². The molecule has 0 spiro atoms. The molecule has 6 nitrogen and oxygen atoms in total. The zero-order chi connectivity index (χ0) is 23.1. The van der Waals surface area contributed by atoms with Gasteiger partial charge in [-0.3, -0.25) is 4.79 Å². The molecule has 0 unspecified atom stereocenters. The van der Waals surface area contributed by atoms with Crippen LogP contribution in [-0.2, 0) is 0 Å². The van der Waals surface area contributed by atoms with Crippen LogP contribution >= 0.6 is 0 Å². The van der Waals surface area contributed by atoms with Crippen LogP contribution in [0.25, 0.3) is 22.3 Å². The van der Waals surface area contributed by atoms with E-state index < -0.39 is 0 Å². The normalized spacial score (nSPS) is 11.7. The smallest absolute Gasteiger partial charge is 0.235 e. The van der Waals surface area contributed by atoms with E-state index in [2.05, 4.69) is 21.1 Å². The van der Waals surface area contributed by atoms with E-state index in [9.17, 15) is 15.0 Å². The van der Waals surface area contributed by atoms with Crippen LogP contribution in [0.3, 0.4) is 0 Å². The zero-order valence-electron chi connectivity index (χ0n) is 19.3. The van der Waals surface area contributed by atoms with Crippen molar-refractivity contribution in [3.63, 3.8) is 0 Å². The number of hydrogen-bond acceptors (Lipinski definition) is 5. The lowest BCUT2D eigenvalue weighted by Crippen LogP contribution is -2.35. The van der Waals surface area contributed by atoms with E-state index in [0.717, 1.165) is 23.7 Å². The number of phenols is 2. The van der Waals surface area contributed by atoms with Crippen LogP contribution in [-0.4, -0.2) is 49.0 Å². The van der Waals surface area contributed by atoms with Crippen molar-refractivity contribution in [1.29, 1.82) is 0 Å². The number of quaternary nitrogens is 1. The first-order valence-corrected chi connectivity index (χ1v) is 11.3. The highest BCUT2D eigenvalue weighted by Gasteiger charge is 2.18. The minimum Gasteiger partial charge on any atom is -0.504 e. The molecule has 0 aliphatic heterocycles. The third kappa shape index (κ3) is 6.26. The number of hydrogen-bond donors (Lipinski definition) is 2. The molecule has 3 rings (SSSR count). The lowest BCUT2D eigenvalue weighted by Gasteiger charge is -2.23. The third-order valence-electron chi connectivity index (χ3n) is 5.46. The molecule has 0 aliphatic carbocycles. The van der Waals surface area contributed by atoms with E-state index in [1.165, 1.54) is 37.9 Å². The molecule has 6 heteroatoms. The Morgan fingerprint density at radius 1 is 0.875 bits per heavy atom. The highest BCUT2D eigenvalue weighted by molar-refractivity contribution is 5.82. The van der Waals surface area contributed by atoms with Crippen molar-refractivity contribution in [3.05, 3.63) is 52.7 Å². The molecule has 0 amide bonds. The molecule has 0 bridgehead atoms. The van der Waals surface area contributed by atoms with Crippen molar-refractivity contribution in [2.75, 3.05) is 34.3 Å². The standard InChI is InChI=1S/C26H33NO5/c1-27(2,3)16-10-6-4-5-7-11-17-31-26-24(30)20-12-8-9-13-23(20)32-25(26)19-14-15-21(28)22(29)18-19/h8-9,12-15,18H,4-7,10-11,16-17H2,1-3H3,(H-,28,29,30)/p+1. The van der Waals surface area contributed by atoms with Crippen molar-refractivity contribution < 1.29 is 23.9 Å². The molecule has 3 aromatic rings. The maximum atomic E-state index is 13.1. The van der Waals surface area contributed by atoms with Crippen molar-refractivity contribution in [2.45, 2.75) is 38.5 Å². The van der Waals surface area contributed by atoms with Gasteiger partial charge in [-0.2, -0.15) is 0 Å². The molecule has 0 saturated heterocycles. The fourth-order valence-electron chi connectivity index (χ4n) is 3.68. The van der Waals surface area contributed by atoms with Gasteiger partial charge in [0.1, 0.15) is 5.58 Å². The molecule has 2 aromatic carbocycles. The van der Waals surface area contributed by atoms with Crippen LogP contribution in [0.5, 0.6) is 17.2 Å². The average molecular weight is 441 g/mol. The second-order valence-electron chi connectivity index (χ2n) is 9.27. The number of para-hydroxylation sites is 1. The number of nitrogens with zero attached hydrogens (tertiary/aromatic N) is 1. The molecule has 0 saturated carbocycles. The Labute approximate surface area is 189 Å². The van der Waals surface area contributed by atoms with E-state index in [4.69, 9.17) is 9.15 Å². The second-order valence-corrected chi connectivity index (χ2v) is 9.27. The Kier molecular flexibility index (Phi) is 7.80. The van der Waals surface area contributed by atoms with Crippen molar-refractivity contribution in [1.82, 2.24) is 0 Å². The van der Waals surface area contributed by atoms with Gasteiger partial charge in [0.05, 0.1) is 39.7 Å². The zero-order valence-corrected chi connectivity index (χ0v) is 19.3. The first-order chi connectivity index (χ1) is 15.3. The second kappa shape index (κ2) is 10.6. The van der Waals surface area contributed by atoms with E-state index in [1.54, 1.807) is 30.3 Å². The number of unbranched alkanes of at least 4 members (excludes halogenated alkanes) is 5. The maximum Gasteiger partial charge on any atom is 0.235 e. The van der Waals surface area contributed by atoms with Crippen molar-refractivity contribution >= 4 is 11.0 Å². The number of phenolic OH excluding ortho intramolecular Hbond substituents is 2. The monoisotopic (exact) mass is 440 g/mol. The van der Waals surface area contributed by atoms with Gasteiger partial charge in [0.15, 0.2) is 17.3 Å². The maximum absolute atomic E-state index is 13.1. The lowest BCUT2D eigenvalue weighted by atomic mass is 10.1. The summed E-state index contributed by atoms with van der Waals surface area (Å²) < 4.78 is 12.9. The first-order valence-electron chi connectivity index (χ1n) is 11.3. The van der Waals surface area contributed by atoms with Crippen LogP contribution in [0, 0.1) is 0 Å².